The number of nitrogens with zero attached hydrogens (tertiary/aromatic N) is 2. The first-order valence-electron chi connectivity index (χ1n) is 4.72. The lowest BCUT2D eigenvalue weighted by Crippen LogP contribution is -2.04. The molecular weight excluding hydrogens is 193 g/mol. The van der Waals surface area contributed by atoms with E-state index in [1.807, 2.05) is 19.2 Å². The molecule has 0 saturated heterocycles. The van der Waals surface area contributed by atoms with Gasteiger partial charge < -0.3 is 5.32 Å². The minimum atomic E-state index is -0.209. The second-order valence-electron chi connectivity index (χ2n) is 3.32. The summed E-state index contributed by atoms with van der Waals surface area (Å²) in [6.07, 6.45) is 1.72. The van der Waals surface area contributed by atoms with Crippen molar-refractivity contribution in [3.63, 3.8) is 0 Å². The van der Waals surface area contributed by atoms with Crippen LogP contribution in [-0.2, 0) is 13.6 Å². The average Bonchev–Trinajstić information content (AvgIpc) is 2.61. The van der Waals surface area contributed by atoms with Gasteiger partial charge in [-0.25, -0.2) is 4.39 Å². The maximum absolute atomic E-state index is 12.9. The summed E-state index contributed by atoms with van der Waals surface area (Å²) in [5.74, 6) is 0.707. The topological polar surface area (TPSA) is 29.9 Å². The molecule has 0 radical (unpaired) electrons. The molecule has 2 aromatic rings. The molecule has 0 fully saturated rings. The highest BCUT2D eigenvalue weighted by Gasteiger charge is 1.98. The van der Waals surface area contributed by atoms with Crippen molar-refractivity contribution in [3.8, 4) is 0 Å². The van der Waals surface area contributed by atoms with Crippen LogP contribution in [0.25, 0.3) is 0 Å². The third-order valence-electron chi connectivity index (χ3n) is 2.18. The lowest BCUT2D eigenvalue weighted by molar-refractivity contribution is 0.626. The van der Waals surface area contributed by atoms with Gasteiger partial charge >= 0.3 is 0 Å². The highest BCUT2D eigenvalue weighted by molar-refractivity contribution is 5.35. The van der Waals surface area contributed by atoms with E-state index in [-0.39, 0.29) is 5.82 Å². The summed E-state index contributed by atoms with van der Waals surface area (Å²) in [5.41, 5.74) is 0.913. The second-order valence-corrected chi connectivity index (χ2v) is 3.32. The Kier molecular flexibility index (Phi) is 2.67. The van der Waals surface area contributed by atoms with Gasteiger partial charge in [0.15, 0.2) is 0 Å². The molecule has 1 N–H and O–H groups in total. The second kappa shape index (κ2) is 4.13. The van der Waals surface area contributed by atoms with Gasteiger partial charge in [-0.05, 0) is 17.7 Å². The fourth-order valence-electron chi connectivity index (χ4n) is 1.39. The van der Waals surface area contributed by atoms with Crippen LogP contribution in [0.15, 0.2) is 36.5 Å². The summed E-state index contributed by atoms with van der Waals surface area (Å²) in [7, 11) is 1.86. The Hall–Kier alpha value is -1.84. The molecule has 0 bridgehead atoms. The van der Waals surface area contributed by atoms with E-state index in [1.165, 1.54) is 12.1 Å². The number of aromatic nitrogens is 2. The molecule has 0 amide bonds. The Labute approximate surface area is 87.5 Å². The molecule has 78 valence electrons. The summed E-state index contributed by atoms with van der Waals surface area (Å²) in [6.45, 7) is 0.595. The average molecular weight is 205 g/mol. The monoisotopic (exact) mass is 205 g/mol. The first-order valence-corrected chi connectivity index (χ1v) is 4.72. The molecule has 0 aliphatic heterocycles. The SMILES string of the molecule is Cn1nccc1NCc1cccc(F)c1. The van der Waals surface area contributed by atoms with Crippen molar-refractivity contribution in [1.82, 2.24) is 9.78 Å². The number of aryl methyl sites for hydroxylation is 1. The molecule has 0 spiro atoms. The Morgan fingerprint density at radius 1 is 1.40 bits per heavy atom. The molecule has 0 saturated carbocycles. The molecule has 0 aliphatic carbocycles. The number of hydrogen-bond acceptors (Lipinski definition) is 2. The summed E-state index contributed by atoms with van der Waals surface area (Å²) in [5, 5.41) is 7.20. The molecule has 1 aromatic heterocycles. The van der Waals surface area contributed by atoms with E-state index in [2.05, 4.69) is 10.4 Å². The smallest absolute Gasteiger partial charge is 0.124 e. The third-order valence-corrected chi connectivity index (χ3v) is 2.18. The van der Waals surface area contributed by atoms with Crippen molar-refractivity contribution in [1.29, 1.82) is 0 Å². The molecule has 2 rings (SSSR count). The zero-order valence-corrected chi connectivity index (χ0v) is 8.44. The van der Waals surface area contributed by atoms with E-state index in [4.69, 9.17) is 0 Å². The maximum atomic E-state index is 12.9. The van der Waals surface area contributed by atoms with Crippen LogP contribution < -0.4 is 5.32 Å². The first-order chi connectivity index (χ1) is 7.25. The van der Waals surface area contributed by atoms with Crippen LogP contribution in [0.2, 0.25) is 0 Å². The summed E-state index contributed by atoms with van der Waals surface area (Å²) in [4.78, 5) is 0. The van der Waals surface area contributed by atoms with E-state index in [1.54, 1.807) is 16.9 Å². The number of rotatable bonds is 3. The van der Waals surface area contributed by atoms with Gasteiger partial charge in [-0.1, -0.05) is 12.1 Å². The largest absolute Gasteiger partial charge is 0.366 e. The summed E-state index contributed by atoms with van der Waals surface area (Å²) < 4.78 is 14.6. The van der Waals surface area contributed by atoms with Crippen LogP contribution in [0.4, 0.5) is 10.2 Å². The van der Waals surface area contributed by atoms with E-state index in [0.29, 0.717) is 6.54 Å². The Bertz CT molecular complexity index is 451. The Morgan fingerprint density at radius 3 is 2.93 bits per heavy atom. The van der Waals surface area contributed by atoms with Crippen molar-refractivity contribution >= 4 is 5.82 Å². The minimum Gasteiger partial charge on any atom is -0.366 e. The summed E-state index contributed by atoms with van der Waals surface area (Å²) >= 11 is 0. The zero-order valence-electron chi connectivity index (χ0n) is 8.44. The molecule has 0 atom stereocenters. The minimum absolute atomic E-state index is 0.209. The zero-order chi connectivity index (χ0) is 10.7. The lowest BCUT2D eigenvalue weighted by Gasteiger charge is -2.06. The van der Waals surface area contributed by atoms with Crippen molar-refractivity contribution in [2.75, 3.05) is 5.32 Å². The van der Waals surface area contributed by atoms with Crippen molar-refractivity contribution in [3.05, 3.63) is 47.9 Å². The van der Waals surface area contributed by atoms with Gasteiger partial charge in [0.1, 0.15) is 11.6 Å². The van der Waals surface area contributed by atoms with E-state index >= 15 is 0 Å². The molecule has 1 heterocycles. The molecule has 0 unspecified atom stereocenters. The number of nitrogens with one attached hydrogen (secondary N) is 1. The van der Waals surface area contributed by atoms with E-state index in [0.717, 1.165) is 11.4 Å². The Balaban J connectivity index is 2.02. The van der Waals surface area contributed by atoms with Crippen LogP contribution in [0, 0.1) is 5.82 Å². The molecule has 4 heteroatoms. The fourth-order valence-corrected chi connectivity index (χ4v) is 1.39. The number of hydrogen-bond donors (Lipinski definition) is 1. The maximum Gasteiger partial charge on any atom is 0.124 e. The predicted octanol–water partition coefficient (Wildman–Crippen LogP) is 2.17. The van der Waals surface area contributed by atoms with Gasteiger partial charge in [-0.3, -0.25) is 4.68 Å². The van der Waals surface area contributed by atoms with Gasteiger partial charge in [0, 0.05) is 19.7 Å². The predicted molar refractivity (Wildman–Crippen MR) is 56.9 cm³/mol. The standard InChI is InChI=1S/C11H12FN3/c1-15-11(5-6-14-15)13-8-9-3-2-4-10(12)7-9/h2-7,13H,8H2,1H3. The van der Waals surface area contributed by atoms with Crippen molar-refractivity contribution in [2.45, 2.75) is 6.54 Å². The molecule has 1 aromatic carbocycles. The number of halogens is 1. The normalized spacial score (nSPS) is 10.3. The highest BCUT2D eigenvalue weighted by atomic mass is 19.1. The van der Waals surface area contributed by atoms with Gasteiger partial charge in [0.2, 0.25) is 0 Å². The Morgan fingerprint density at radius 2 is 2.27 bits per heavy atom. The van der Waals surface area contributed by atoms with E-state index in [9.17, 15) is 4.39 Å². The number of benzene rings is 1. The van der Waals surface area contributed by atoms with Crippen LogP contribution in [0.3, 0.4) is 0 Å². The molecule has 3 nitrogen and oxygen atoms in total. The van der Waals surface area contributed by atoms with Crippen molar-refractivity contribution < 1.29 is 4.39 Å². The molecule has 15 heavy (non-hydrogen) atoms. The van der Waals surface area contributed by atoms with Crippen LogP contribution in [0.5, 0.6) is 0 Å². The van der Waals surface area contributed by atoms with Gasteiger partial charge in [0.25, 0.3) is 0 Å². The van der Waals surface area contributed by atoms with Crippen molar-refractivity contribution in [2.24, 2.45) is 7.05 Å². The highest BCUT2D eigenvalue weighted by Crippen LogP contribution is 2.08. The fraction of sp³-hybridized carbons (Fsp3) is 0.182. The van der Waals surface area contributed by atoms with Gasteiger partial charge in [-0.2, -0.15) is 5.10 Å². The van der Waals surface area contributed by atoms with Gasteiger partial charge in [0.05, 0.1) is 6.20 Å². The molecular formula is C11H12FN3. The summed E-state index contributed by atoms with van der Waals surface area (Å²) in [6, 6.07) is 8.41. The van der Waals surface area contributed by atoms with Crippen LogP contribution >= 0.6 is 0 Å². The van der Waals surface area contributed by atoms with E-state index < -0.39 is 0 Å². The lowest BCUT2D eigenvalue weighted by atomic mass is 10.2. The number of anilines is 1. The van der Waals surface area contributed by atoms with Gasteiger partial charge in [-0.15, -0.1) is 0 Å². The third kappa shape index (κ3) is 2.34. The first kappa shape index (κ1) is 9.71. The van der Waals surface area contributed by atoms with Crippen LogP contribution in [0.1, 0.15) is 5.56 Å². The quantitative estimate of drug-likeness (QED) is 0.832. The van der Waals surface area contributed by atoms with Crippen LogP contribution in [-0.4, -0.2) is 9.78 Å². The molecule has 0 aliphatic rings.